The molecule has 1 aliphatic rings. The summed E-state index contributed by atoms with van der Waals surface area (Å²) in [5, 5.41) is 9.62. The minimum atomic E-state index is -0.224. The van der Waals surface area contributed by atoms with Gasteiger partial charge in [-0.05, 0) is 26.3 Å². The number of carbonyl (C=O) groups excluding carboxylic acids is 1. The Labute approximate surface area is 84.8 Å². The first-order valence-corrected chi connectivity index (χ1v) is 5.10. The zero-order valence-electron chi connectivity index (χ0n) is 8.90. The number of ether oxygens (including phenoxy) is 1. The maximum absolute atomic E-state index is 10.9. The van der Waals surface area contributed by atoms with Crippen LogP contribution in [0.15, 0.2) is 0 Å². The third-order valence-electron chi connectivity index (χ3n) is 2.91. The van der Waals surface area contributed by atoms with Crippen LogP contribution in [0.25, 0.3) is 0 Å². The Morgan fingerprint density at radius 3 is 2.79 bits per heavy atom. The number of hydrogen-bond donors (Lipinski definition) is 1. The minimum Gasteiger partial charge on any atom is -0.469 e. The number of carbonyl (C=O) groups is 1. The molecule has 0 radical (unpaired) electrons. The summed E-state index contributed by atoms with van der Waals surface area (Å²) in [5.74, 6) is -0.190. The van der Waals surface area contributed by atoms with Crippen molar-refractivity contribution in [2.75, 3.05) is 20.7 Å². The standard InChI is InChI=1S/C10H19NO3/c1-11(7-6-10(13)14-2)8-4-3-5-9(8)12/h8-9,12H,3-7H2,1-2H3. The summed E-state index contributed by atoms with van der Waals surface area (Å²) >= 11 is 0. The van der Waals surface area contributed by atoms with Crippen LogP contribution in [0.2, 0.25) is 0 Å². The molecular weight excluding hydrogens is 182 g/mol. The highest BCUT2D eigenvalue weighted by atomic mass is 16.5. The number of hydrogen-bond acceptors (Lipinski definition) is 4. The van der Waals surface area contributed by atoms with Gasteiger partial charge in [-0.25, -0.2) is 0 Å². The zero-order chi connectivity index (χ0) is 10.6. The lowest BCUT2D eigenvalue weighted by molar-refractivity contribution is -0.141. The van der Waals surface area contributed by atoms with Gasteiger partial charge in [-0.3, -0.25) is 4.79 Å². The fourth-order valence-corrected chi connectivity index (χ4v) is 1.97. The molecule has 0 aliphatic heterocycles. The number of likely N-dealkylation sites (N-methyl/N-ethyl adjacent to an activating group) is 1. The van der Waals surface area contributed by atoms with Crippen molar-refractivity contribution in [2.45, 2.75) is 37.8 Å². The summed E-state index contributed by atoms with van der Waals surface area (Å²) in [5.41, 5.74) is 0. The average molecular weight is 201 g/mol. The van der Waals surface area contributed by atoms with Crippen molar-refractivity contribution in [3.8, 4) is 0 Å². The van der Waals surface area contributed by atoms with E-state index in [-0.39, 0.29) is 18.1 Å². The number of aliphatic hydroxyl groups excluding tert-OH is 1. The molecule has 4 nitrogen and oxygen atoms in total. The van der Waals surface area contributed by atoms with Gasteiger partial charge in [-0.15, -0.1) is 0 Å². The predicted octanol–water partition coefficient (Wildman–Crippen LogP) is 0.395. The largest absolute Gasteiger partial charge is 0.469 e. The molecule has 1 aliphatic carbocycles. The summed E-state index contributed by atoms with van der Waals surface area (Å²) in [6, 6.07) is 0.222. The Hall–Kier alpha value is -0.610. The molecule has 0 spiro atoms. The van der Waals surface area contributed by atoms with Gasteiger partial charge in [-0.1, -0.05) is 0 Å². The van der Waals surface area contributed by atoms with Crippen LogP contribution < -0.4 is 0 Å². The maximum Gasteiger partial charge on any atom is 0.306 e. The van der Waals surface area contributed by atoms with E-state index in [2.05, 4.69) is 9.64 Å². The Balaban J connectivity index is 2.27. The Bertz CT molecular complexity index is 196. The van der Waals surface area contributed by atoms with Gasteiger partial charge in [-0.2, -0.15) is 0 Å². The number of aliphatic hydroxyl groups is 1. The van der Waals surface area contributed by atoms with E-state index < -0.39 is 0 Å². The molecule has 0 saturated heterocycles. The van der Waals surface area contributed by atoms with Crippen LogP contribution in [0.1, 0.15) is 25.7 Å². The van der Waals surface area contributed by atoms with Gasteiger partial charge >= 0.3 is 5.97 Å². The molecule has 1 N–H and O–H groups in total. The molecule has 4 heteroatoms. The van der Waals surface area contributed by atoms with Gasteiger partial charge in [0.1, 0.15) is 0 Å². The second kappa shape index (κ2) is 5.32. The summed E-state index contributed by atoms with van der Waals surface area (Å²) in [7, 11) is 3.34. The van der Waals surface area contributed by atoms with Crippen molar-refractivity contribution in [1.29, 1.82) is 0 Å². The first kappa shape index (κ1) is 11.5. The highest BCUT2D eigenvalue weighted by Gasteiger charge is 2.28. The molecule has 0 aromatic rings. The quantitative estimate of drug-likeness (QED) is 0.669. The average Bonchev–Trinajstić information content (AvgIpc) is 2.60. The van der Waals surface area contributed by atoms with Gasteiger partial charge in [0.2, 0.25) is 0 Å². The van der Waals surface area contributed by atoms with Crippen LogP contribution >= 0.6 is 0 Å². The molecule has 2 atom stereocenters. The lowest BCUT2D eigenvalue weighted by Gasteiger charge is -2.26. The van der Waals surface area contributed by atoms with E-state index in [4.69, 9.17) is 0 Å². The first-order valence-electron chi connectivity index (χ1n) is 5.10. The van der Waals surface area contributed by atoms with E-state index in [1.165, 1.54) is 7.11 Å². The van der Waals surface area contributed by atoms with E-state index in [9.17, 15) is 9.90 Å². The van der Waals surface area contributed by atoms with Crippen LogP contribution in [0.4, 0.5) is 0 Å². The molecule has 1 saturated carbocycles. The number of methoxy groups -OCH3 is 1. The van der Waals surface area contributed by atoms with E-state index in [0.717, 1.165) is 19.3 Å². The van der Waals surface area contributed by atoms with Crippen LogP contribution in [0, 0.1) is 0 Å². The summed E-state index contributed by atoms with van der Waals surface area (Å²) in [6.07, 6.45) is 3.16. The third-order valence-corrected chi connectivity index (χ3v) is 2.91. The molecule has 0 bridgehead atoms. The third kappa shape index (κ3) is 2.96. The van der Waals surface area contributed by atoms with Crippen molar-refractivity contribution in [3.63, 3.8) is 0 Å². The van der Waals surface area contributed by atoms with E-state index in [1.807, 2.05) is 7.05 Å². The molecule has 1 fully saturated rings. The molecular formula is C10H19NO3. The number of esters is 1. The number of rotatable bonds is 4. The lowest BCUT2D eigenvalue weighted by atomic mass is 10.2. The van der Waals surface area contributed by atoms with Crippen LogP contribution in [0.5, 0.6) is 0 Å². The van der Waals surface area contributed by atoms with Gasteiger partial charge in [0.05, 0.1) is 19.6 Å². The van der Waals surface area contributed by atoms with E-state index in [1.54, 1.807) is 0 Å². The highest BCUT2D eigenvalue weighted by molar-refractivity contribution is 5.69. The summed E-state index contributed by atoms with van der Waals surface area (Å²) < 4.78 is 4.56. The molecule has 82 valence electrons. The molecule has 2 unspecified atom stereocenters. The SMILES string of the molecule is COC(=O)CCN(C)C1CCCC1O. The van der Waals surface area contributed by atoms with Crippen molar-refractivity contribution in [3.05, 3.63) is 0 Å². The highest BCUT2D eigenvalue weighted by Crippen LogP contribution is 2.23. The fraction of sp³-hybridized carbons (Fsp3) is 0.900. The molecule has 1 rings (SSSR count). The van der Waals surface area contributed by atoms with Gasteiger partial charge < -0.3 is 14.7 Å². The molecule has 0 heterocycles. The molecule has 0 amide bonds. The lowest BCUT2D eigenvalue weighted by Crippen LogP contribution is -2.38. The van der Waals surface area contributed by atoms with Crippen molar-refractivity contribution in [1.82, 2.24) is 4.90 Å². The molecule has 0 aromatic heterocycles. The number of nitrogens with zero attached hydrogens (tertiary/aromatic N) is 1. The fourth-order valence-electron chi connectivity index (χ4n) is 1.97. The Kier molecular flexibility index (Phi) is 4.35. The van der Waals surface area contributed by atoms with Crippen LogP contribution in [-0.4, -0.2) is 48.8 Å². The zero-order valence-corrected chi connectivity index (χ0v) is 8.90. The van der Waals surface area contributed by atoms with Gasteiger partial charge in [0, 0.05) is 12.6 Å². The van der Waals surface area contributed by atoms with Crippen molar-refractivity contribution >= 4 is 5.97 Å². The van der Waals surface area contributed by atoms with Gasteiger partial charge in [0.25, 0.3) is 0 Å². The Morgan fingerprint density at radius 2 is 2.29 bits per heavy atom. The van der Waals surface area contributed by atoms with Crippen molar-refractivity contribution in [2.24, 2.45) is 0 Å². The second-order valence-electron chi connectivity index (χ2n) is 3.87. The maximum atomic E-state index is 10.9. The van der Waals surface area contributed by atoms with Crippen molar-refractivity contribution < 1.29 is 14.6 Å². The summed E-state index contributed by atoms with van der Waals surface area (Å²) in [6.45, 7) is 0.661. The minimum absolute atomic E-state index is 0.190. The molecule has 14 heavy (non-hydrogen) atoms. The van der Waals surface area contributed by atoms with Crippen LogP contribution in [0.3, 0.4) is 0 Å². The smallest absolute Gasteiger partial charge is 0.306 e. The normalized spacial score (nSPS) is 26.9. The van der Waals surface area contributed by atoms with Gasteiger partial charge in [0.15, 0.2) is 0 Å². The predicted molar refractivity (Wildman–Crippen MR) is 52.9 cm³/mol. The topological polar surface area (TPSA) is 49.8 Å². The summed E-state index contributed by atoms with van der Waals surface area (Å²) in [4.78, 5) is 13.0. The van der Waals surface area contributed by atoms with E-state index in [0.29, 0.717) is 13.0 Å². The first-order chi connectivity index (χ1) is 6.65. The Morgan fingerprint density at radius 1 is 1.57 bits per heavy atom. The second-order valence-corrected chi connectivity index (χ2v) is 3.87. The molecule has 0 aromatic carbocycles. The van der Waals surface area contributed by atoms with E-state index >= 15 is 0 Å². The monoisotopic (exact) mass is 201 g/mol. The van der Waals surface area contributed by atoms with Crippen LogP contribution in [-0.2, 0) is 9.53 Å².